The number of carbonyl (C=O) groups excluding carboxylic acids is 1. The predicted molar refractivity (Wildman–Crippen MR) is 57.9 cm³/mol. The standard InChI is InChI=1S/C11H13NO4/c1-8(13)16-11(2,3)9-5-4-6-10(7-9)12(14)15/h4-7H,1-3H3. The number of esters is 1. The molecule has 0 unspecified atom stereocenters. The molecule has 0 fully saturated rings. The second-order valence-corrected chi connectivity index (χ2v) is 3.91. The van der Waals surface area contributed by atoms with E-state index in [0.29, 0.717) is 5.56 Å². The van der Waals surface area contributed by atoms with Crippen LogP contribution in [0.4, 0.5) is 5.69 Å². The van der Waals surface area contributed by atoms with Crippen LogP contribution in [0.25, 0.3) is 0 Å². The quantitative estimate of drug-likeness (QED) is 0.448. The van der Waals surface area contributed by atoms with Gasteiger partial charge in [-0.15, -0.1) is 0 Å². The molecule has 16 heavy (non-hydrogen) atoms. The number of rotatable bonds is 3. The van der Waals surface area contributed by atoms with Crippen LogP contribution in [0.1, 0.15) is 26.3 Å². The lowest BCUT2D eigenvalue weighted by Gasteiger charge is -2.24. The largest absolute Gasteiger partial charge is 0.455 e. The molecule has 5 nitrogen and oxygen atoms in total. The highest BCUT2D eigenvalue weighted by atomic mass is 16.6. The lowest BCUT2D eigenvalue weighted by molar-refractivity contribution is -0.385. The first-order chi connectivity index (χ1) is 7.33. The van der Waals surface area contributed by atoms with Crippen LogP contribution in [0, 0.1) is 10.1 Å². The molecule has 0 saturated heterocycles. The van der Waals surface area contributed by atoms with E-state index in [1.54, 1.807) is 26.0 Å². The predicted octanol–water partition coefficient (Wildman–Crippen LogP) is 2.39. The van der Waals surface area contributed by atoms with Gasteiger partial charge in [0.05, 0.1) is 4.92 Å². The lowest BCUT2D eigenvalue weighted by atomic mass is 9.97. The Bertz CT molecular complexity index is 426. The van der Waals surface area contributed by atoms with Crippen molar-refractivity contribution in [3.05, 3.63) is 39.9 Å². The molecule has 0 heterocycles. The van der Waals surface area contributed by atoms with Gasteiger partial charge in [-0.2, -0.15) is 0 Å². The minimum Gasteiger partial charge on any atom is -0.455 e. The molecule has 86 valence electrons. The molecule has 0 saturated carbocycles. The minimum absolute atomic E-state index is 0.0160. The fraction of sp³-hybridized carbons (Fsp3) is 0.364. The van der Waals surface area contributed by atoms with Gasteiger partial charge in [0.15, 0.2) is 0 Å². The third kappa shape index (κ3) is 2.79. The van der Waals surface area contributed by atoms with Crippen LogP contribution in [0.5, 0.6) is 0 Å². The molecule has 0 bridgehead atoms. The van der Waals surface area contributed by atoms with Crippen LogP contribution in [0.15, 0.2) is 24.3 Å². The van der Waals surface area contributed by atoms with Crippen molar-refractivity contribution in [1.29, 1.82) is 0 Å². The van der Waals surface area contributed by atoms with E-state index >= 15 is 0 Å². The summed E-state index contributed by atoms with van der Waals surface area (Å²) in [5.41, 5.74) is -0.285. The molecule has 1 aromatic carbocycles. The van der Waals surface area contributed by atoms with Gasteiger partial charge in [0, 0.05) is 24.6 Å². The van der Waals surface area contributed by atoms with Crippen LogP contribution in [-0.4, -0.2) is 10.9 Å². The summed E-state index contributed by atoms with van der Waals surface area (Å²) in [6.45, 7) is 4.68. The summed E-state index contributed by atoms with van der Waals surface area (Å²) in [5, 5.41) is 10.6. The zero-order chi connectivity index (χ0) is 12.3. The van der Waals surface area contributed by atoms with Gasteiger partial charge < -0.3 is 4.74 Å². The minimum atomic E-state index is -0.863. The van der Waals surface area contributed by atoms with Gasteiger partial charge >= 0.3 is 5.97 Å². The molecule has 0 amide bonds. The second kappa shape index (κ2) is 4.30. The van der Waals surface area contributed by atoms with Crippen LogP contribution in [-0.2, 0) is 15.1 Å². The Morgan fingerprint density at radius 2 is 2.06 bits per heavy atom. The Kier molecular flexibility index (Phi) is 3.27. The number of hydrogen-bond donors (Lipinski definition) is 0. The summed E-state index contributed by atoms with van der Waals surface area (Å²) in [5.74, 6) is -0.420. The lowest BCUT2D eigenvalue weighted by Crippen LogP contribution is -2.24. The van der Waals surface area contributed by atoms with Gasteiger partial charge in [-0.25, -0.2) is 0 Å². The van der Waals surface area contributed by atoms with Crippen molar-refractivity contribution < 1.29 is 14.5 Å². The monoisotopic (exact) mass is 223 g/mol. The molecule has 0 spiro atoms. The maximum Gasteiger partial charge on any atom is 0.303 e. The van der Waals surface area contributed by atoms with E-state index in [9.17, 15) is 14.9 Å². The highest BCUT2D eigenvalue weighted by Crippen LogP contribution is 2.27. The number of carbonyl (C=O) groups is 1. The molecule has 5 heteroatoms. The average molecular weight is 223 g/mol. The first kappa shape index (κ1) is 12.2. The number of nitro benzene ring substituents is 1. The molecular weight excluding hydrogens is 210 g/mol. The van der Waals surface area contributed by atoms with Crippen molar-refractivity contribution in [2.24, 2.45) is 0 Å². The fourth-order valence-corrected chi connectivity index (χ4v) is 1.41. The Balaban J connectivity index is 3.07. The van der Waals surface area contributed by atoms with E-state index in [4.69, 9.17) is 4.74 Å². The number of hydrogen-bond acceptors (Lipinski definition) is 4. The molecule has 0 aliphatic rings. The van der Waals surface area contributed by atoms with Crippen LogP contribution in [0.3, 0.4) is 0 Å². The number of non-ortho nitro benzene ring substituents is 1. The van der Waals surface area contributed by atoms with Gasteiger partial charge in [-0.05, 0) is 13.8 Å². The molecule has 0 aliphatic heterocycles. The van der Waals surface area contributed by atoms with E-state index in [1.807, 2.05) is 0 Å². The van der Waals surface area contributed by atoms with E-state index in [1.165, 1.54) is 19.1 Å². The zero-order valence-electron chi connectivity index (χ0n) is 9.39. The van der Waals surface area contributed by atoms with Gasteiger partial charge in [-0.3, -0.25) is 14.9 Å². The van der Waals surface area contributed by atoms with Crippen molar-refractivity contribution in [3.63, 3.8) is 0 Å². The summed E-state index contributed by atoms with van der Waals surface area (Å²) in [6, 6.07) is 6.06. The number of benzene rings is 1. The second-order valence-electron chi connectivity index (χ2n) is 3.91. The van der Waals surface area contributed by atoms with Crippen molar-refractivity contribution >= 4 is 11.7 Å². The number of nitro groups is 1. The van der Waals surface area contributed by atoms with E-state index in [0.717, 1.165) is 0 Å². The van der Waals surface area contributed by atoms with Crippen molar-refractivity contribution in [2.75, 3.05) is 0 Å². The highest BCUT2D eigenvalue weighted by molar-refractivity contribution is 5.66. The molecule has 1 rings (SSSR count). The maximum absolute atomic E-state index is 10.9. The van der Waals surface area contributed by atoms with Crippen LogP contribution in [0.2, 0.25) is 0 Å². The van der Waals surface area contributed by atoms with Crippen LogP contribution >= 0.6 is 0 Å². The first-order valence-electron chi connectivity index (χ1n) is 4.77. The normalized spacial score (nSPS) is 10.9. The molecule has 0 atom stereocenters. The zero-order valence-corrected chi connectivity index (χ0v) is 9.39. The first-order valence-corrected chi connectivity index (χ1v) is 4.77. The van der Waals surface area contributed by atoms with E-state index in [2.05, 4.69) is 0 Å². The molecule has 0 radical (unpaired) electrons. The van der Waals surface area contributed by atoms with Crippen molar-refractivity contribution in [3.8, 4) is 0 Å². The summed E-state index contributed by atoms with van der Waals surface area (Å²) >= 11 is 0. The molecule has 0 aromatic heterocycles. The maximum atomic E-state index is 10.9. The Labute approximate surface area is 93.2 Å². The summed E-state index contributed by atoms with van der Waals surface area (Å²) in [4.78, 5) is 21.0. The summed E-state index contributed by atoms with van der Waals surface area (Å²) in [6.07, 6.45) is 0. The van der Waals surface area contributed by atoms with Gasteiger partial charge in [0.2, 0.25) is 0 Å². The fourth-order valence-electron chi connectivity index (χ4n) is 1.41. The Hall–Kier alpha value is -1.91. The third-order valence-electron chi connectivity index (χ3n) is 2.15. The van der Waals surface area contributed by atoms with E-state index < -0.39 is 16.5 Å². The topological polar surface area (TPSA) is 69.4 Å². The summed E-state index contributed by atoms with van der Waals surface area (Å²) in [7, 11) is 0. The highest BCUT2D eigenvalue weighted by Gasteiger charge is 2.25. The van der Waals surface area contributed by atoms with Crippen molar-refractivity contribution in [2.45, 2.75) is 26.4 Å². The number of ether oxygens (including phenoxy) is 1. The summed E-state index contributed by atoms with van der Waals surface area (Å²) < 4.78 is 5.10. The SMILES string of the molecule is CC(=O)OC(C)(C)c1cccc([N+](=O)[O-])c1. The Morgan fingerprint density at radius 3 is 2.56 bits per heavy atom. The third-order valence-corrected chi connectivity index (χ3v) is 2.15. The number of nitrogens with zero attached hydrogens (tertiary/aromatic N) is 1. The molecule has 0 aliphatic carbocycles. The van der Waals surface area contributed by atoms with Gasteiger partial charge in [0.25, 0.3) is 5.69 Å². The van der Waals surface area contributed by atoms with Crippen LogP contribution < -0.4 is 0 Å². The molecule has 1 aromatic rings. The van der Waals surface area contributed by atoms with E-state index in [-0.39, 0.29) is 5.69 Å². The molecule has 0 N–H and O–H groups in total. The Morgan fingerprint density at radius 1 is 1.44 bits per heavy atom. The average Bonchev–Trinajstić information content (AvgIpc) is 2.16. The molecular formula is C11H13NO4. The smallest absolute Gasteiger partial charge is 0.303 e. The van der Waals surface area contributed by atoms with Gasteiger partial charge in [-0.1, -0.05) is 12.1 Å². The van der Waals surface area contributed by atoms with Crippen molar-refractivity contribution in [1.82, 2.24) is 0 Å². The van der Waals surface area contributed by atoms with Gasteiger partial charge in [0.1, 0.15) is 5.60 Å².